The van der Waals surface area contributed by atoms with E-state index in [-0.39, 0.29) is 0 Å². The fraction of sp³-hybridized carbons (Fsp3) is 0.250. The van der Waals surface area contributed by atoms with Crippen LogP contribution in [-0.4, -0.2) is 4.21 Å². The first-order chi connectivity index (χ1) is 9.11. The molecule has 1 atom stereocenters. The van der Waals surface area contributed by atoms with Gasteiger partial charge in [-0.1, -0.05) is 43.3 Å². The molecule has 100 valence electrons. The van der Waals surface area contributed by atoms with Crippen LogP contribution in [0.15, 0.2) is 47.4 Å². The Morgan fingerprint density at radius 1 is 1.05 bits per heavy atom. The van der Waals surface area contributed by atoms with Crippen LogP contribution in [0.1, 0.15) is 23.6 Å². The summed E-state index contributed by atoms with van der Waals surface area (Å²) in [5.74, 6) is 0.512. The molecule has 3 heteroatoms. The van der Waals surface area contributed by atoms with Gasteiger partial charge in [-0.15, -0.1) is 0 Å². The standard InChI is InChI=1S/C16H19NOS/c1-3-13-7-9-14(10-8-13)11-19(18)15-6-4-5-12(2)16(15)17/h4-10H,3,11,17H2,1-2H3. The maximum Gasteiger partial charge on any atom is 0.0623 e. The van der Waals surface area contributed by atoms with Crippen molar-refractivity contribution in [1.29, 1.82) is 0 Å². The fourth-order valence-corrected chi connectivity index (χ4v) is 3.24. The van der Waals surface area contributed by atoms with Gasteiger partial charge in [0.1, 0.15) is 0 Å². The van der Waals surface area contributed by atoms with Crippen LogP contribution in [0, 0.1) is 6.92 Å². The van der Waals surface area contributed by atoms with E-state index in [0.29, 0.717) is 11.4 Å². The zero-order valence-corrected chi connectivity index (χ0v) is 12.2. The third-order valence-electron chi connectivity index (χ3n) is 3.26. The zero-order valence-electron chi connectivity index (χ0n) is 11.3. The molecule has 1 unspecified atom stereocenters. The summed E-state index contributed by atoms with van der Waals surface area (Å²) in [6.07, 6.45) is 1.02. The first-order valence-corrected chi connectivity index (χ1v) is 7.75. The molecule has 2 nitrogen and oxygen atoms in total. The smallest absolute Gasteiger partial charge is 0.0623 e. The lowest BCUT2D eigenvalue weighted by molar-refractivity contribution is 0.683. The van der Waals surface area contributed by atoms with Crippen molar-refractivity contribution in [3.05, 3.63) is 59.2 Å². The minimum Gasteiger partial charge on any atom is -0.398 e. The molecule has 0 saturated carbocycles. The van der Waals surface area contributed by atoms with E-state index in [9.17, 15) is 4.21 Å². The van der Waals surface area contributed by atoms with Crippen LogP contribution >= 0.6 is 0 Å². The number of hydrogen-bond acceptors (Lipinski definition) is 2. The van der Waals surface area contributed by atoms with E-state index < -0.39 is 10.8 Å². The zero-order chi connectivity index (χ0) is 13.8. The molecule has 0 bridgehead atoms. The van der Waals surface area contributed by atoms with Gasteiger partial charge in [-0.3, -0.25) is 4.21 Å². The first kappa shape index (κ1) is 13.8. The van der Waals surface area contributed by atoms with E-state index in [4.69, 9.17) is 5.73 Å². The van der Waals surface area contributed by atoms with Crippen molar-refractivity contribution in [2.24, 2.45) is 0 Å². The third kappa shape index (κ3) is 3.24. The lowest BCUT2D eigenvalue weighted by atomic mass is 10.1. The molecule has 0 saturated heterocycles. The topological polar surface area (TPSA) is 43.1 Å². The third-order valence-corrected chi connectivity index (χ3v) is 4.70. The Balaban J connectivity index is 2.18. The van der Waals surface area contributed by atoms with Gasteiger partial charge in [0.2, 0.25) is 0 Å². The summed E-state index contributed by atoms with van der Waals surface area (Å²) in [6, 6.07) is 14.0. The first-order valence-electron chi connectivity index (χ1n) is 6.43. The molecule has 0 spiro atoms. The minimum atomic E-state index is -1.09. The summed E-state index contributed by atoms with van der Waals surface area (Å²) in [6.45, 7) is 4.06. The van der Waals surface area contributed by atoms with Crippen molar-refractivity contribution < 1.29 is 4.21 Å². The second-order valence-electron chi connectivity index (χ2n) is 4.65. The Kier molecular flexibility index (Phi) is 4.38. The SMILES string of the molecule is CCc1ccc(CS(=O)c2cccc(C)c2N)cc1. The van der Waals surface area contributed by atoms with E-state index >= 15 is 0 Å². The molecule has 0 aromatic heterocycles. The molecular formula is C16H19NOS. The molecule has 0 fully saturated rings. The Labute approximate surface area is 117 Å². The van der Waals surface area contributed by atoms with E-state index in [1.54, 1.807) is 0 Å². The predicted octanol–water partition coefficient (Wildman–Crippen LogP) is 3.45. The van der Waals surface area contributed by atoms with Crippen LogP contribution in [0.4, 0.5) is 5.69 Å². The largest absolute Gasteiger partial charge is 0.398 e. The number of hydrogen-bond donors (Lipinski definition) is 1. The molecule has 0 amide bonds. The van der Waals surface area contributed by atoms with E-state index in [1.807, 2.05) is 37.3 Å². The number of benzene rings is 2. The van der Waals surface area contributed by atoms with E-state index in [1.165, 1.54) is 5.56 Å². The predicted molar refractivity (Wildman–Crippen MR) is 81.5 cm³/mol. The van der Waals surface area contributed by atoms with E-state index in [2.05, 4.69) is 19.1 Å². The van der Waals surface area contributed by atoms with Crippen molar-refractivity contribution in [2.75, 3.05) is 5.73 Å². The van der Waals surface area contributed by atoms with Gasteiger partial charge in [-0.05, 0) is 36.1 Å². The summed E-state index contributed by atoms with van der Waals surface area (Å²) in [4.78, 5) is 0.736. The number of para-hydroxylation sites is 1. The van der Waals surface area contributed by atoms with Crippen LogP contribution < -0.4 is 5.73 Å². The monoisotopic (exact) mass is 273 g/mol. The molecular weight excluding hydrogens is 254 g/mol. The Hall–Kier alpha value is -1.61. The average molecular weight is 273 g/mol. The lowest BCUT2D eigenvalue weighted by Crippen LogP contribution is -2.02. The van der Waals surface area contributed by atoms with Gasteiger partial charge in [0.25, 0.3) is 0 Å². The number of aryl methyl sites for hydroxylation is 2. The summed E-state index contributed by atoms with van der Waals surface area (Å²) >= 11 is 0. The molecule has 0 aliphatic carbocycles. The molecule has 2 N–H and O–H groups in total. The van der Waals surface area contributed by atoms with Gasteiger partial charge >= 0.3 is 0 Å². The highest BCUT2D eigenvalue weighted by Gasteiger charge is 2.10. The summed E-state index contributed by atoms with van der Waals surface area (Å²) in [5, 5.41) is 0. The van der Waals surface area contributed by atoms with Crippen LogP contribution in [0.2, 0.25) is 0 Å². The summed E-state index contributed by atoms with van der Waals surface area (Å²) < 4.78 is 12.4. The van der Waals surface area contributed by atoms with Gasteiger partial charge < -0.3 is 5.73 Å². The number of nitrogen functional groups attached to an aromatic ring is 1. The van der Waals surface area contributed by atoms with Gasteiger partial charge in [-0.2, -0.15) is 0 Å². The molecule has 2 rings (SSSR count). The van der Waals surface area contributed by atoms with E-state index in [0.717, 1.165) is 22.4 Å². The average Bonchev–Trinajstić information content (AvgIpc) is 2.42. The Morgan fingerprint density at radius 3 is 2.32 bits per heavy atom. The van der Waals surface area contributed by atoms with Crippen LogP contribution in [-0.2, 0) is 23.0 Å². The molecule has 0 heterocycles. The van der Waals surface area contributed by atoms with Gasteiger partial charge in [0.05, 0.1) is 27.1 Å². The van der Waals surface area contributed by atoms with Crippen molar-refractivity contribution in [1.82, 2.24) is 0 Å². The van der Waals surface area contributed by atoms with Crippen molar-refractivity contribution in [3.8, 4) is 0 Å². The van der Waals surface area contributed by atoms with Crippen molar-refractivity contribution in [2.45, 2.75) is 30.9 Å². The van der Waals surface area contributed by atoms with Gasteiger partial charge in [0.15, 0.2) is 0 Å². The molecule has 19 heavy (non-hydrogen) atoms. The number of anilines is 1. The second kappa shape index (κ2) is 6.02. The van der Waals surface area contributed by atoms with Crippen LogP contribution in [0.3, 0.4) is 0 Å². The normalized spacial score (nSPS) is 12.3. The molecule has 0 radical (unpaired) electrons. The fourth-order valence-electron chi connectivity index (χ4n) is 1.95. The van der Waals surface area contributed by atoms with Crippen LogP contribution in [0.5, 0.6) is 0 Å². The Morgan fingerprint density at radius 2 is 1.68 bits per heavy atom. The van der Waals surface area contributed by atoms with Gasteiger partial charge in [-0.25, -0.2) is 0 Å². The molecule has 0 aliphatic heterocycles. The summed E-state index contributed by atoms with van der Waals surface area (Å²) in [7, 11) is -1.09. The maximum atomic E-state index is 12.4. The Bertz CT molecular complexity index is 590. The highest BCUT2D eigenvalue weighted by molar-refractivity contribution is 7.84. The maximum absolute atomic E-state index is 12.4. The summed E-state index contributed by atoms with van der Waals surface area (Å²) in [5.41, 5.74) is 9.99. The molecule has 2 aromatic rings. The molecule has 0 aliphatic rings. The number of nitrogens with two attached hydrogens (primary N) is 1. The molecule has 2 aromatic carbocycles. The quantitative estimate of drug-likeness (QED) is 0.867. The minimum absolute atomic E-state index is 0.512. The van der Waals surface area contributed by atoms with Gasteiger partial charge in [0, 0.05) is 0 Å². The van der Waals surface area contributed by atoms with Crippen molar-refractivity contribution >= 4 is 16.5 Å². The number of rotatable bonds is 4. The highest BCUT2D eigenvalue weighted by atomic mass is 32.2. The lowest BCUT2D eigenvalue weighted by Gasteiger charge is -2.08. The van der Waals surface area contributed by atoms with Crippen LogP contribution in [0.25, 0.3) is 0 Å². The highest BCUT2D eigenvalue weighted by Crippen LogP contribution is 2.22. The van der Waals surface area contributed by atoms with Crippen molar-refractivity contribution in [3.63, 3.8) is 0 Å². The second-order valence-corrected chi connectivity index (χ2v) is 6.07.